The lowest BCUT2D eigenvalue weighted by Gasteiger charge is -2.25. The molecule has 0 saturated carbocycles. The molecule has 0 unspecified atom stereocenters. The van der Waals surface area contributed by atoms with E-state index in [4.69, 9.17) is 18.3 Å². The van der Waals surface area contributed by atoms with E-state index in [0.29, 0.717) is 93.7 Å². The Morgan fingerprint density at radius 2 is 0.821 bits per heavy atom. The number of aromatic nitrogens is 2. The van der Waals surface area contributed by atoms with Crippen LogP contribution in [0, 0.1) is 0 Å². The van der Waals surface area contributed by atoms with Gasteiger partial charge in [0.15, 0.2) is 0 Å². The topological polar surface area (TPSA) is 123 Å². The summed E-state index contributed by atoms with van der Waals surface area (Å²) >= 11 is 0. The largest absolute Gasteiger partial charge is 0.461 e. The second kappa shape index (κ2) is 17.8. The van der Waals surface area contributed by atoms with Crippen LogP contribution >= 0.6 is 0 Å². The van der Waals surface area contributed by atoms with Crippen molar-refractivity contribution in [2.75, 3.05) is 0 Å². The molecule has 13 rings (SSSR count). The number of pyridine rings is 2. The van der Waals surface area contributed by atoms with Crippen molar-refractivity contribution in [3.63, 3.8) is 0 Å². The van der Waals surface area contributed by atoms with Gasteiger partial charge in [-0.3, -0.25) is 19.2 Å². The number of hydrogen-bond acceptors (Lipinski definition) is 8. The van der Waals surface area contributed by atoms with Crippen LogP contribution in [0.4, 0.5) is 0 Å². The number of ether oxygens (including phenoxy) is 2. The molecule has 1 aliphatic heterocycles. The number of fused-ring (bicyclic) bond motifs is 3. The first kappa shape index (κ1) is 48.6. The molecule has 0 fully saturated rings. The van der Waals surface area contributed by atoms with Gasteiger partial charge in [-0.1, -0.05) is 135 Å². The van der Waals surface area contributed by atoms with Crippen molar-refractivity contribution in [1.82, 2.24) is 9.13 Å². The number of para-hydroxylation sites is 4. The van der Waals surface area contributed by atoms with E-state index in [0.717, 1.165) is 22.3 Å². The third-order valence-corrected chi connectivity index (χ3v) is 16.0. The minimum atomic E-state index is -0.519. The van der Waals surface area contributed by atoms with Crippen LogP contribution < -0.4 is 31.7 Å². The van der Waals surface area contributed by atoms with E-state index in [2.05, 4.69) is 62.0 Å². The lowest BCUT2D eigenvalue weighted by Crippen LogP contribution is -2.34. The number of nitrogens with zero attached hydrogens (tertiary/aromatic N) is 2. The second-order valence-corrected chi connectivity index (χ2v) is 21.9. The summed E-state index contributed by atoms with van der Waals surface area (Å²) in [4.78, 5) is 63.9. The zero-order chi connectivity index (χ0) is 54.3. The summed E-state index contributed by atoms with van der Waals surface area (Å²) in [6, 6.07) is 34.2. The van der Waals surface area contributed by atoms with E-state index >= 15 is 19.2 Å². The molecule has 1 aliphatic rings. The predicted molar refractivity (Wildman–Crippen MR) is 318 cm³/mol. The molecule has 0 N–H and O–H groups in total. The SMILES string of the molecule is C=C/C1=C/C/C(=C\C)Oc2cc3c(=O)n(-c4c(C(C)C)cccc4C(C)C)c(=O)c4cc5oc6ccccc6c6ccccc6oc6cc7c(=O)n(-c8c(C(C)C)cccc8C(C)C)c(=O)c8cc(c9c2c(c34)c5c6c9c87)O1. The van der Waals surface area contributed by atoms with Crippen molar-refractivity contribution in [2.24, 2.45) is 0 Å². The van der Waals surface area contributed by atoms with Crippen molar-refractivity contribution in [2.45, 2.75) is 92.4 Å². The van der Waals surface area contributed by atoms with E-state index in [9.17, 15) is 0 Å². The highest BCUT2D eigenvalue weighted by Gasteiger charge is 2.33. The molecule has 0 atom stereocenters. The molecule has 78 heavy (non-hydrogen) atoms. The molecule has 10 heteroatoms. The standard InChI is InChI=1S/C68H56N2O8/c1-11-37-27-28-38(12-2)76-52-30-46-56-48(68(74)70(66(46)72)64-41(35(7)8)23-18-24-42(64)36(9)10)32-54-60-59-53(77-49-25-15-13-19-43(49)44-20-14-16-26-50(44)78-54)31-47-55-45(29-51(75-37)57(61(55)59)58(52)62(56)60)65(71)69(67(47)73)63-39(33(3)4)21-17-22-40(63)34(5)6/h11-27,29-36H,1,28H2,2-10H3/b37-27-,38-12+. The van der Waals surface area contributed by atoms with Gasteiger partial charge in [0.1, 0.15) is 45.3 Å². The second-order valence-electron chi connectivity index (χ2n) is 21.9. The summed E-state index contributed by atoms with van der Waals surface area (Å²) in [5.41, 5.74) is 3.98. The summed E-state index contributed by atoms with van der Waals surface area (Å²) < 4.78 is 31.6. The van der Waals surface area contributed by atoms with Crippen molar-refractivity contribution >= 4 is 97.7 Å². The van der Waals surface area contributed by atoms with Gasteiger partial charge in [0.25, 0.3) is 22.2 Å². The molecule has 0 bridgehead atoms. The Hall–Kier alpha value is -9.02. The Kier molecular flexibility index (Phi) is 11.1. The molecular formula is C68H56N2O8. The smallest absolute Gasteiger partial charge is 0.266 e. The van der Waals surface area contributed by atoms with E-state index in [1.54, 1.807) is 30.3 Å². The molecule has 10 nitrogen and oxygen atoms in total. The van der Waals surface area contributed by atoms with Crippen LogP contribution in [0.15, 0.2) is 174 Å². The molecule has 9 aromatic carbocycles. The van der Waals surface area contributed by atoms with Crippen LogP contribution in [0.3, 0.4) is 0 Å². The van der Waals surface area contributed by atoms with Gasteiger partial charge in [-0.15, -0.1) is 0 Å². The van der Waals surface area contributed by atoms with E-state index in [-0.39, 0.29) is 68.6 Å². The molecule has 12 aromatic rings. The van der Waals surface area contributed by atoms with Gasteiger partial charge in [0.05, 0.1) is 32.9 Å². The summed E-state index contributed by atoms with van der Waals surface area (Å²) in [5, 5.41) is 6.03. The van der Waals surface area contributed by atoms with Crippen molar-refractivity contribution < 1.29 is 18.3 Å². The van der Waals surface area contributed by atoms with Crippen molar-refractivity contribution in [3.05, 3.63) is 209 Å². The first-order valence-electron chi connectivity index (χ1n) is 26.9. The molecule has 0 aliphatic carbocycles. The minimum Gasteiger partial charge on any atom is -0.461 e. The third kappa shape index (κ3) is 6.87. The van der Waals surface area contributed by atoms with Gasteiger partial charge < -0.3 is 18.3 Å². The molecule has 0 spiro atoms. The Morgan fingerprint density at radius 1 is 0.436 bits per heavy atom. The third-order valence-electron chi connectivity index (χ3n) is 16.0. The fourth-order valence-electron chi connectivity index (χ4n) is 12.4. The van der Waals surface area contributed by atoms with Crippen molar-refractivity contribution in [3.8, 4) is 22.9 Å². The molecule has 0 radical (unpaired) electrons. The maximum absolute atomic E-state index is 16.0. The Bertz CT molecular complexity index is 4910. The average Bonchev–Trinajstić information content (AvgIpc) is 2.41. The number of allylic oxidation sites excluding steroid dienone is 3. The summed E-state index contributed by atoms with van der Waals surface area (Å²) in [6.45, 7) is 22.5. The molecule has 4 heterocycles. The highest BCUT2D eigenvalue weighted by Crippen LogP contribution is 2.54. The number of rotatable bonds is 7. The lowest BCUT2D eigenvalue weighted by molar-refractivity contribution is 0.410. The predicted octanol–water partition coefficient (Wildman–Crippen LogP) is 16.3. The van der Waals surface area contributed by atoms with Crippen LogP contribution in [0.2, 0.25) is 0 Å². The number of hydrogen-bond donors (Lipinski definition) is 0. The highest BCUT2D eigenvalue weighted by molar-refractivity contribution is 6.45. The van der Waals surface area contributed by atoms with Gasteiger partial charge in [-0.2, -0.15) is 0 Å². The highest BCUT2D eigenvalue weighted by atomic mass is 16.5. The van der Waals surface area contributed by atoms with Crippen LogP contribution in [0.1, 0.15) is 115 Å². The fraction of sp³-hybridized carbons (Fsp3) is 0.206. The molecule has 3 aromatic heterocycles. The Morgan fingerprint density at radius 3 is 1.21 bits per heavy atom. The van der Waals surface area contributed by atoms with Crippen LogP contribution in [-0.4, -0.2) is 9.13 Å². The molecular weight excluding hydrogens is 973 g/mol. The van der Waals surface area contributed by atoms with Crippen molar-refractivity contribution in [1.29, 1.82) is 0 Å². The van der Waals surface area contributed by atoms with E-state index in [1.807, 2.05) is 104 Å². The Balaban J connectivity index is 1.39. The summed E-state index contributed by atoms with van der Waals surface area (Å²) in [7, 11) is 0. The summed E-state index contributed by atoms with van der Waals surface area (Å²) in [6.07, 6.45) is 5.61. The van der Waals surface area contributed by atoms with Gasteiger partial charge in [0.2, 0.25) is 0 Å². The molecule has 386 valence electrons. The van der Waals surface area contributed by atoms with Gasteiger partial charge in [-0.25, -0.2) is 9.13 Å². The van der Waals surface area contributed by atoms with Crippen LogP contribution in [0.5, 0.6) is 11.5 Å². The Labute approximate surface area is 447 Å². The lowest BCUT2D eigenvalue weighted by atomic mass is 9.84. The molecule has 0 amide bonds. The van der Waals surface area contributed by atoms with Gasteiger partial charge >= 0.3 is 0 Å². The minimum absolute atomic E-state index is 0.0430. The van der Waals surface area contributed by atoms with E-state index in [1.165, 1.54) is 9.13 Å². The fourth-order valence-corrected chi connectivity index (χ4v) is 12.4. The first-order valence-corrected chi connectivity index (χ1v) is 26.9. The van der Waals surface area contributed by atoms with Gasteiger partial charge in [-0.05, 0) is 107 Å². The quantitative estimate of drug-likeness (QED) is 0.114. The maximum Gasteiger partial charge on any atom is 0.266 e. The normalized spacial score (nSPS) is 14.6. The molecule has 0 saturated heterocycles. The summed E-state index contributed by atoms with van der Waals surface area (Å²) in [5.74, 6) is 1.32. The zero-order valence-corrected chi connectivity index (χ0v) is 45.0. The van der Waals surface area contributed by atoms with Crippen LogP contribution in [0.25, 0.3) is 109 Å². The van der Waals surface area contributed by atoms with E-state index < -0.39 is 22.2 Å². The average molecular weight is 1030 g/mol. The maximum atomic E-state index is 16.0. The zero-order valence-electron chi connectivity index (χ0n) is 45.0. The number of benzene rings is 9. The van der Waals surface area contributed by atoms with Gasteiger partial charge in [0, 0.05) is 60.3 Å². The monoisotopic (exact) mass is 1030 g/mol. The van der Waals surface area contributed by atoms with Crippen LogP contribution in [-0.2, 0) is 0 Å². The first-order chi connectivity index (χ1) is 37.6.